The third kappa shape index (κ3) is 2.52. The van der Waals surface area contributed by atoms with E-state index in [-0.39, 0.29) is 5.56 Å². The second-order valence-electron chi connectivity index (χ2n) is 3.51. The number of benzene rings is 1. The maximum Gasteiger partial charge on any atom is 0.259 e. The Labute approximate surface area is 105 Å². The van der Waals surface area contributed by atoms with Gasteiger partial charge in [-0.2, -0.15) is 5.10 Å². The van der Waals surface area contributed by atoms with Crippen LogP contribution in [0.1, 0.15) is 15.9 Å². The molecule has 4 nitrogen and oxygen atoms in total. The summed E-state index contributed by atoms with van der Waals surface area (Å²) in [5, 5.41) is 8.94. The molecule has 0 aliphatic carbocycles. The molecule has 1 heterocycles. The molecule has 1 aromatic carbocycles. The first-order chi connectivity index (χ1) is 8.08. The predicted molar refractivity (Wildman–Crippen MR) is 65.4 cm³/mol. The van der Waals surface area contributed by atoms with Crippen LogP contribution in [-0.2, 0) is 0 Å². The number of rotatable bonds is 2. The number of aromatic nitrogens is 2. The standard InChI is InChI=1S/C11H9BrFN3O/c1-6-5-14-16-10(6)15-11(17)8-3-2-7(12)4-9(8)13/h2-5H,1H3,(H2,14,15,16,17). The first-order valence-electron chi connectivity index (χ1n) is 4.84. The van der Waals surface area contributed by atoms with Crippen molar-refractivity contribution in [2.75, 3.05) is 5.32 Å². The number of halogens is 2. The van der Waals surface area contributed by atoms with Gasteiger partial charge in [-0.15, -0.1) is 0 Å². The minimum atomic E-state index is -0.575. The van der Waals surface area contributed by atoms with E-state index in [1.807, 2.05) is 0 Å². The largest absolute Gasteiger partial charge is 0.307 e. The Balaban J connectivity index is 2.23. The third-order valence-corrected chi connectivity index (χ3v) is 2.74. The van der Waals surface area contributed by atoms with Crippen LogP contribution in [-0.4, -0.2) is 16.1 Å². The first-order valence-corrected chi connectivity index (χ1v) is 5.63. The van der Waals surface area contributed by atoms with Gasteiger partial charge in [-0.1, -0.05) is 15.9 Å². The van der Waals surface area contributed by atoms with E-state index in [0.29, 0.717) is 10.3 Å². The fraction of sp³-hybridized carbons (Fsp3) is 0.0909. The van der Waals surface area contributed by atoms with Crippen LogP contribution in [0.5, 0.6) is 0 Å². The van der Waals surface area contributed by atoms with Crippen molar-refractivity contribution < 1.29 is 9.18 Å². The molecule has 2 rings (SSSR count). The molecular weight excluding hydrogens is 289 g/mol. The number of aryl methyl sites for hydroxylation is 1. The van der Waals surface area contributed by atoms with Crippen molar-refractivity contribution in [2.24, 2.45) is 0 Å². The van der Waals surface area contributed by atoms with Gasteiger partial charge in [0.2, 0.25) is 0 Å². The topological polar surface area (TPSA) is 57.8 Å². The fourth-order valence-corrected chi connectivity index (χ4v) is 1.66. The molecular formula is C11H9BrFN3O. The Morgan fingerprint density at radius 1 is 1.53 bits per heavy atom. The van der Waals surface area contributed by atoms with Gasteiger partial charge in [0.1, 0.15) is 11.6 Å². The van der Waals surface area contributed by atoms with Gasteiger partial charge >= 0.3 is 0 Å². The average molecular weight is 298 g/mol. The lowest BCUT2D eigenvalue weighted by Crippen LogP contribution is -2.14. The van der Waals surface area contributed by atoms with Crippen LogP contribution in [0, 0.1) is 12.7 Å². The molecule has 1 aromatic heterocycles. The Morgan fingerprint density at radius 3 is 2.88 bits per heavy atom. The summed E-state index contributed by atoms with van der Waals surface area (Å²) >= 11 is 3.13. The molecule has 2 aromatic rings. The van der Waals surface area contributed by atoms with Crippen LogP contribution in [0.2, 0.25) is 0 Å². The van der Waals surface area contributed by atoms with Gasteiger partial charge < -0.3 is 5.32 Å². The van der Waals surface area contributed by atoms with Gasteiger partial charge in [0.15, 0.2) is 0 Å². The van der Waals surface area contributed by atoms with Crippen LogP contribution in [0.3, 0.4) is 0 Å². The van der Waals surface area contributed by atoms with Crippen LogP contribution >= 0.6 is 15.9 Å². The Hall–Kier alpha value is -1.69. The molecule has 88 valence electrons. The van der Waals surface area contributed by atoms with Crippen molar-refractivity contribution in [1.82, 2.24) is 10.2 Å². The lowest BCUT2D eigenvalue weighted by Gasteiger charge is -2.05. The summed E-state index contributed by atoms with van der Waals surface area (Å²) in [7, 11) is 0. The normalized spacial score (nSPS) is 10.3. The monoisotopic (exact) mass is 297 g/mol. The van der Waals surface area contributed by atoms with Crippen LogP contribution in [0.25, 0.3) is 0 Å². The van der Waals surface area contributed by atoms with Gasteiger partial charge in [0, 0.05) is 10.0 Å². The van der Waals surface area contributed by atoms with E-state index in [9.17, 15) is 9.18 Å². The maximum absolute atomic E-state index is 13.5. The number of aromatic amines is 1. The molecule has 6 heteroatoms. The number of amides is 1. The number of nitrogens with zero attached hydrogens (tertiary/aromatic N) is 1. The van der Waals surface area contributed by atoms with Crippen molar-refractivity contribution >= 4 is 27.7 Å². The lowest BCUT2D eigenvalue weighted by molar-refractivity contribution is 0.102. The predicted octanol–water partition coefficient (Wildman–Crippen LogP) is 2.87. The summed E-state index contributed by atoms with van der Waals surface area (Å²) in [6, 6.07) is 4.27. The smallest absolute Gasteiger partial charge is 0.259 e. The SMILES string of the molecule is Cc1cn[nH]c1NC(=O)c1ccc(Br)cc1F. The quantitative estimate of drug-likeness (QED) is 0.895. The zero-order chi connectivity index (χ0) is 12.4. The highest BCUT2D eigenvalue weighted by Gasteiger charge is 2.13. The molecule has 2 N–H and O–H groups in total. The van der Waals surface area contributed by atoms with E-state index in [2.05, 4.69) is 31.4 Å². The highest BCUT2D eigenvalue weighted by atomic mass is 79.9. The summed E-state index contributed by atoms with van der Waals surface area (Å²) in [5.74, 6) is -0.617. The van der Waals surface area contributed by atoms with Gasteiger partial charge in [0.05, 0.1) is 11.8 Å². The van der Waals surface area contributed by atoms with E-state index in [1.165, 1.54) is 12.1 Å². The molecule has 0 radical (unpaired) electrons. The summed E-state index contributed by atoms with van der Waals surface area (Å²) in [4.78, 5) is 11.8. The molecule has 0 atom stereocenters. The lowest BCUT2D eigenvalue weighted by atomic mass is 10.2. The molecule has 1 amide bonds. The van der Waals surface area contributed by atoms with E-state index in [0.717, 1.165) is 5.56 Å². The van der Waals surface area contributed by atoms with Gasteiger partial charge in [-0.05, 0) is 25.1 Å². The van der Waals surface area contributed by atoms with Crippen LogP contribution in [0.4, 0.5) is 10.2 Å². The second kappa shape index (κ2) is 4.67. The molecule has 0 bridgehead atoms. The maximum atomic E-state index is 13.5. The minimum absolute atomic E-state index is 0.0119. The number of carbonyl (C=O) groups excluding carboxylic acids is 1. The van der Waals surface area contributed by atoms with E-state index >= 15 is 0 Å². The number of anilines is 1. The van der Waals surface area contributed by atoms with Gasteiger partial charge in [-0.25, -0.2) is 4.39 Å². The molecule has 0 saturated carbocycles. The number of hydrogen-bond acceptors (Lipinski definition) is 2. The average Bonchev–Trinajstić information content (AvgIpc) is 2.64. The van der Waals surface area contributed by atoms with Crippen molar-refractivity contribution in [3.8, 4) is 0 Å². The summed E-state index contributed by atoms with van der Waals surface area (Å²) < 4.78 is 14.1. The molecule has 0 aliphatic heterocycles. The zero-order valence-corrected chi connectivity index (χ0v) is 10.5. The number of nitrogens with one attached hydrogen (secondary N) is 2. The van der Waals surface area contributed by atoms with Gasteiger partial charge in [-0.3, -0.25) is 9.89 Å². The molecule has 0 spiro atoms. The fourth-order valence-electron chi connectivity index (χ4n) is 1.33. The molecule has 17 heavy (non-hydrogen) atoms. The second-order valence-corrected chi connectivity index (χ2v) is 4.42. The van der Waals surface area contributed by atoms with E-state index in [1.54, 1.807) is 19.2 Å². The van der Waals surface area contributed by atoms with Crippen molar-refractivity contribution in [3.05, 3.63) is 45.8 Å². The Morgan fingerprint density at radius 2 is 2.29 bits per heavy atom. The van der Waals surface area contributed by atoms with Gasteiger partial charge in [0.25, 0.3) is 5.91 Å². The van der Waals surface area contributed by atoms with Crippen molar-refractivity contribution in [3.63, 3.8) is 0 Å². The third-order valence-electron chi connectivity index (χ3n) is 2.24. The molecule has 0 saturated heterocycles. The molecule has 0 unspecified atom stereocenters. The molecule has 0 aliphatic rings. The van der Waals surface area contributed by atoms with Crippen molar-refractivity contribution in [1.29, 1.82) is 0 Å². The van der Waals surface area contributed by atoms with Crippen LogP contribution in [0.15, 0.2) is 28.9 Å². The summed E-state index contributed by atoms with van der Waals surface area (Å²) in [5.41, 5.74) is 0.776. The minimum Gasteiger partial charge on any atom is -0.307 e. The number of hydrogen-bond donors (Lipinski definition) is 2. The Bertz CT molecular complexity index is 568. The number of H-pyrrole nitrogens is 1. The van der Waals surface area contributed by atoms with E-state index < -0.39 is 11.7 Å². The first kappa shape index (κ1) is 11.8. The Kier molecular flexibility index (Phi) is 3.23. The summed E-state index contributed by atoms with van der Waals surface area (Å²) in [6.45, 7) is 1.79. The highest BCUT2D eigenvalue weighted by molar-refractivity contribution is 9.10. The van der Waals surface area contributed by atoms with Crippen LogP contribution < -0.4 is 5.32 Å². The van der Waals surface area contributed by atoms with Crippen molar-refractivity contribution in [2.45, 2.75) is 6.92 Å². The highest BCUT2D eigenvalue weighted by Crippen LogP contribution is 2.17. The zero-order valence-electron chi connectivity index (χ0n) is 8.92. The van der Waals surface area contributed by atoms with E-state index in [4.69, 9.17) is 0 Å². The summed E-state index contributed by atoms with van der Waals surface area (Å²) in [6.07, 6.45) is 1.58. The number of carbonyl (C=O) groups is 1. The molecule has 0 fully saturated rings.